The van der Waals surface area contributed by atoms with Crippen molar-refractivity contribution in [3.05, 3.63) is 54.1 Å². The van der Waals surface area contributed by atoms with E-state index < -0.39 is 33.1 Å². The Balaban J connectivity index is 1.81. The number of fused-ring (bicyclic) bond motifs is 1. The fourth-order valence-corrected chi connectivity index (χ4v) is 5.02. The summed E-state index contributed by atoms with van der Waals surface area (Å²) in [7, 11) is -0.0582. The molecule has 1 amide bonds. The summed E-state index contributed by atoms with van der Waals surface area (Å²) in [5.74, 6) is -1.87. The lowest BCUT2D eigenvalue weighted by Gasteiger charge is -2.22. The van der Waals surface area contributed by atoms with Gasteiger partial charge in [0.2, 0.25) is 5.91 Å². The van der Waals surface area contributed by atoms with Gasteiger partial charge >= 0.3 is 0 Å². The molecule has 0 N–H and O–H groups in total. The predicted molar refractivity (Wildman–Crippen MR) is 114 cm³/mol. The lowest BCUT2D eigenvalue weighted by Crippen LogP contribution is -2.37. The van der Waals surface area contributed by atoms with E-state index in [9.17, 15) is 22.0 Å². The number of benzene rings is 2. The third-order valence-corrected chi connectivity index (χ3v) is 7.19. The van der Waals surface area contributed by atoms with E-state index in [1.165, 1.54) is 34.4 Å². The Morgan fingerprint density at radius 1 is 1.07 bits per heavy atom. The van der Waals surface area contributed by atoms with Crippen molar-refractivity contribution < 1.29 is 22.0 Å². The van der Waals surface area contributed by atoms with E-state index >= 15 is 0 Å². The van der Waals surface area contributed by atoms with Crippen LogP contribution in [0.5, 0.6) is 0 Å². The zero-order chi connectivity index (χ0) is 21.9. The monoisotopic (exact) mass is 453 g/mol. The average molecular weight is 454 g/mol. The third kappa shape index (κ3) is 5.18. The molecule has 6 nitrogen and oxygen atoms in total. The van der Waals surface area contributed by atoms with Gasteiger partial charge in [0.05, 0.1) is 15.3 Å². The Labute approximate surface area is 177 Å². The van der Waals surface area contributed by atoms with Crippen LogP contribution in [0.15, 0.2) is 47.4 Å². The summed E-state index contributed by atoms with van der Waals surface area (Å²) < 4.78 is 52.7. The second kappa shape index (κ2) is 9.15. The number of para-hydroxylation sites is 1. The van der Waals surface area contributed by atoms with E-state index in [1.807, 2.05) is 19.0 Å². The van der Waals surface area contributed by atoms with Crippen molar-refractivity contribution in [1.29, 1.82) is 0 Å². The largest absolute Gasteiger partial charge is 0.308 e. The SMILES string of the molecule is CN(C)CCN(C(=O)CCS(=O)(=O)c1ccc(F)cc1)c1nc2c(F)cccc2s1. The highest BCUT2D eigenvalue weighted by molar-refractivity contribution is 7.91. The van der Waals surface area contributed by atoms with E-state index in [4.69, 9.17) is 0 Å². The van der Waals surface area contributed by atoms with Crippen LogP contribution in [0.25, 0.3) is 10.2 Å². The number of amides is 1. The molecule has 3 aromatic rings. The molecule has 160 valence electrons. The number of anilines is 1. The molecular weight excluding hydrogens is 432 g/mol. The normalized spacial score (nSPS) is 11.9. The molecule has 0 aliphatic heterocycles. The number of aromatic nitrogens is 1. The van der Waals surface area contributed by atoms with Gasteiger partial charge in [0.15, 0.2) is 15.0 Å². The van der Waals surface area contributed by atoms with Crippen LogP contribution in [-0.4, -0.2) is 57.1 Å². The summed E-state index contributed by atoms with van der Waals surface area (Å²) in [4.78, 5) is 20.4. The van der Waals surface area contributed by atoms with Gasteiger partial charge in [-0.15, -0.1) is 0 Å². The Kier molecular flexibility index (Phi) is 6.79. The van der Waals surface area contributed by atoms with Crippen molar-refractivity contribution in [3.63, 3.8) is 0 Å². The van der Waals surface area contributed by atoms with Crippen LogP contribution in [-0.2, 0) is 14.6 Å². The van der Waals surface area contributed by atoms with Gasteiger partial charge in [-0.25, -0.2) is 22.2 Å². The van der Waals surface area contributed by atoms with Crippen LogP contribution < -0.4 is 4.90 Å². The van der Waals surface area contributed by atoms with Crippen molar-refractivity contribution in [3.8, 4) is 0 Å². The lowest BCUT2D eigenvalue weighted by molar-refractivity contribution is -0.118. The number of sulfone groups is 1. The van der Waals surface area contributed by atoms with Gasteiger partial charge in [-0.3, -0.25) is 9.69 Å². The minimum Gasteiger partial charge on any atom is -0.308 e. The molecule has 0 unspecified atom stereocenters. The first kappa shape index (κ1) is 22.3. The first-order valence-corrected chi connectivity index (χ1v) is 11.6. The van der Waals surface area contributed by atoms with Gasteiger partial charge in [-0.05, 0) is 50.5 Å². The molecule has 0 aliphatic carbocycles. The molecule has 0 radical (unpaired) electrons. The summed E-state index contributed by atoms with van der Waals surface area (Å²) in [6.45, 7) is 0.804. The average Bonchev–Trinajstić information content (AvgIpc) is 3.12. The number of carbonyl (C=O) groups is 1. The molecule has 0 bridgehead atoms. The number of hydrogen-bond acceptors (Lipinski definition) is 6. The minimum absolute atomic E-state index is 0.0430. The Hall–Kier alpha value is -2.43. The quantitative estimate of drug-likeness (QED) is 0.490. The van der Waals surface area contributed by atoms with Crippen LogP contribution in [0.3, 0.4) is 0 Å². The number of hydrogen-bond donors (Lipinski definition) is 0. The highest BCUT2D eigenvalue weighted by Gasteiger charge is 2.24. The summed E-state index contributed by atoms with van der Waals surface area (Å²) >= 11 is 1.18. The number of nitrogens with zero attached hydrogens (tertiary/aromatic N) is 3. The maximum atomic E-state index is 14.0. The molecule has 1 heterocycles. The van der Waals surface area contributed by atoms with Crippen molar-refractivity contribution >= 4 is 42.4 Å². The van der Waals surface area contributed by atoms with Gasteiger partial charge in [-0.1, -0.05) is 17.4 Å². The van der Waals surface area contributed by atoms with Gasteiger partial charge in [0.1, 0.15) is 17.2 Å². The van der Waals surface area contributed by atoms with Crippen LogP contribution in [0.1, 0.15) is 6.42 Å². The number of likely N-dealkylation sites (N-methyl/N-ethyl adjacent to an activating group) is 1. The Morgan fingerprint density at radius 3 is 2.40 bits per heavy atom. The topological polar surface area (TPSA) is 70.6 Å². The third-order valence-electron chi connectivity index (χ3n) is 4.42. The van der Waals surface area contributed by atoms with Crippen molar-refractivity contribution in [2.45, 2.75) is 11.3 Å². The molecule has 1 aromatic heterocycles. The smallest absolute Gasteiger partial charge is 0.229 e. The van der Waals surface area contributed by atoms with Crippen molar-refractivity contribution in [2.75, 3.05) is 37.8 Å². The molecule has 0 fully saturated rings. The van der Waals surface area contributed by atoms with Crippen molar-refractivity contribution in [1.82, 2.24) is 9.88 Å². The Morgan fingerprint density at radius 2 is 1.77 bits per heavy atom. The fraction of sp³-hybridized carbons (Fsp3) is 0.300. The number of thiazole rings is 1. The number of halogens is 2. The number of carbonyl (C=O) groups excluding carboxylic acids is 1. The van der Waals surface area contributed by atoms with Gasteiger partial charge in [0, 0.05) is 19.5 Å². The van der Waals surface area contributed by atoms with E-state index in [2.05, 4.69) is 4.98 Å². The summed E-state index contributed by atoms with van der Waals surface area (Å²) in [5.41, 5.74) is 0.180. The standard InChI is InChI=1S/C20H21F2N3O3S2/c1-24(2)11-12-25(20-23-19-16(22)4-3-5-17(19)29-20)18(26)10-13-30(27,28)15-8-6-14(21)7-9-15/h3-9H,10-13H2,1-2H3. The summed E-state index contributed by atoms with van der Waals surface area (Å²) in [5, 5.41) is 0.320. The molecule has 0 saturated heterocycles. The summed E-state index contributed by atoms with van der Waals surface area (Å²) in [6.07, 6.45) is -0.272. The van der Waals surface area contributed by atoms with Gasteiger partial charge < -0.3 is 4.90 Å². The first-order valence-electron chi connectivity index (χ1n) is 9.16. The van der Waals surface area contributed by atoms with E-state index in [0.717, 1.165) is 12.1 Å². The molecule has 30 heavy (non-hydrogen) atoms. The Bertz CT molecular complexity index is 1150. The van der Waals surface area contributed by atoms with Gasteiger partial charge in [-0.2, -0.15) is 0 Å². The predicted octanol–water partition coefficient (Wildman–Crippen LogP) is 3.33. The lowest BCUT2D eigenvalue weighted by atomic mass is 10.3. The zero-order valence-corrected chi connectivity index (χ0v) is 18.1. The van der Waals surface area contributed by atoms with Crippen LogP contribution in [0, 0.1) is 11.6 Å². The maximum absolute atomic E-state index is 14.0. The molecule has 3 rings (SSSR count). The second-order valence-corrected chi connectivity index (χ2v) is 10.1. The number of rotatable bonds is 8. The minimum atomic E-state index is -3.75. The second-order valence-electron chi connectivity index (χ2n) is 6.95. The molecule has 10 heteroatoms. The zero-order valence-electron chi connectivity index (χ0n) is 16.5. The maximum Gasteiger partial charge on any atom is 0.229 e. The molecule has 0 aliphatic rings. The molecule has 0 spiro atoms. The molecule has 0 atom stereocenters. The molecule has 2 aromatic carbocycles. The molecular formula is C20H21F2N3O3S2. The van der Waals surface area contributed by atoms with Crippen molar-refractivity contribution in [2.24, 2.45) is 0 Å². The first-order chi connectivity index (χ1) is 14.2. The van der Waals surface area contributed by atoms with Crippen LogP contribution >= 0.6 is 11.3 Å². The van der Waals surface area contributed by atoms with E-state index in [-0.39, 0.29) is 23.4 Å². The highest BCUT2D eigenvalue weighted by atomic mass is 32.2. The van der Waals surface area contributed by atoms with E-state index in [0.29, 0.717) is 16.4 Å². The molecule has 0 saturated carbocycles. The van der Waals surface area contributed by atoms with Crippen LogP contribution in [0.4, 0.5) is 13.9 Å². The summed E-state index contributed by atoms with van der Waals surface area (Å²) in [6, 6.07) is 9.06. The fourth-order valence-electron chi connectivity index (χ4n) is 2.76. The van der Waals surface area contributed by atoms with E-state index in [1.54, 1.807) is 12.1 Å². The van der Waals surface area contributed by atoms with Crippen LogP contribution in [0.2, 0.25) is 0 Å². The highest BCUT2D eigenvalue weighted by Crippen LogP contribution is 2.30. The van der Waals surface area contributed by atoms with Gasteiger partial charge in [0.25, 0.3) is 0 Å².